The molecule has 0 aliphatic carbocycles. The lowest BCUT2D eigenvalue weighted by molar-refractivity contribution is -0.121. The minimum Gasteiger partial charge on any atom is -0.489 e. The lowest BCUT2D eigenvalue weighted by atomic mass is 10.2. The number of amides is 1. The van der Waals surface area contributed by atoms with Gasteiger partial charge in [-0.2, -0.15) is 0 Å². The average Bonchev–Trinajstić information content (AvgIpc) is 2.91. The maximum absolute atomic E-state index is 12.1. The molecular formula is C19H23ClN2O3. The molecule has 1 unspecified atom stereocenters. The van der Waals surface area contributed by atoms with E-state index < -0.39 is 0 Å². The summed E-state index contributed by atoms with van der Waals surface area (Å²) < 4.78 is 11.4. The Morgan fingerprint density at radius 2 is 2.20 bits per heavy atom. The largest absolute Gasteiger partial charge is 0.489 e. The Morgan fingerprint density at radius 1 is 1.36 bits per heavy atom. The van der Waals surface area contributed by atoms with Gasteiger partial charge in [-0.15, -0.1) is 0 Å². The Bertz CT molecular complexity index is 744. The van der Waals surface area contributed by atoms with Crippen LogP contribution in [-0.2, 0) is 17.9 Å². The molecule has 3 rings (SSSR count). The van der Waals surface area contributed by atoms with Crippen LogP contribution < -0.4 is 10.1 Å². The van der Waals surface area contributed by atoms with E-state index >= 15 is 0 Å². The van der Waals surface area contributed by atoms with Crippen LogP contribution in [0.2, 0.25) is 5.02 Å². The van der Waals surface area contributed by atoms with Gasteiger partial charge in [-0.3, -0.25) is 9.69 Å². The zero-order chi connectivity index (χ0) is 17.8. The van der Waals surface area contributed by atoms with Crippen LogP contribution in [-0.4, -0.2) is 30.0 Å². The van der Waals surface area contributed by atoms with Crippen LogP contribution in [0.25, 0.3) is 0 Å². The van der Waals surface area contributed by atoms with Crippen LogP contribution in [0.3, 0.4) is 0 Å². The summed E-state index contributed by atoms with van der Waals surface area (Å²) in [5, 5.41) is 3.59. The normalized spacial score (nSPS) is 17.5. The van der Waals surface area contributed by atoms with Crippen molar-refractivity contribution >= 4 is 17.5 Å². The first-order valence-corrected chi connectivity index (χ1v) is 8.87. The number of hydrogen-bond acceptors (Lipinski definition) is 4. The van der Waals surface area contributed by atoms with Gasteiger partial charge in [-0.1, -0.05) is 11.6 Å². The van der Waals surface area contributed by atoms with Crippen molar-refractivity contribution < 1.29 is 13.9 Å². The highest BCUT2D eigenvalue weighted by molar-refractivity contribution is 6.30. The van der Waals surface area contributed by atoms with Crippen molar-refractivity contribution in [3.05, 3.63) is 52.4 Å². The van der Waals surface area contributed by atoms with Gasteiger partial charge in [0.25, 0.3) is 0 Å². The molecule has 2 heterocycles. The molecule has 25 heavy (non-hydrogen) atoms. The summed E-state index contributed by atoms with van der Waals surface area (Å²) in [6, 6.07) is 9.45. The molecule has 1 aliphatic heterocycles. The van der Waals surface area contributed by atoms with Crippen molar-refractivity contribution in [1.82, 2.24) is 10.2 Å². The molecule has 1 aromatic heterocycles. The Balaban J connectivity index is 1.52. The van der Waals surface area contributed by atoms with E-state index in [4.69, 9.17) is 20.8 Å². The monoisotopic (exact) mass is 362 g/mol. The third kappa shape index (κ3) is 5.00. The molecule has 5 nitrogen and oxygen atoms in total. The van der Waals surface area contributed by atoms with Crippen molar-refractivity contribution in [2.24, 2.45) is 0 Å². The highest BCUT2D eigenvalue weighted by Gasteiger charge is 2.20. The number of hydrogen-bond donors (Lipinski definition) is 1. The number of halogens is 1. The van der Waals surface area contributed by atoms with E-state index in [1.54, 1.807) is 0 Å². The van der Waals surface area contributed by atoms with Gasteiger partial charge >= 0.3 is 0 Å². The van der Waals surface area contributed by atoms with E-state index in [2.05, 4.69) is 10.2 Å². The van der Waals surface area contributed by atoms with E-state index in [9.17, 15) is 4.79 Å². The number of ether oxygens (including phenoxy) is 1. The van der Waals surface area contributed by atoms with Gasteiger partial charge in [0.05, 0.1) is 6.54 Å². The standard InChI is InChI=1S/C19H23ClN2O3/c1-13-3-5-17(24-13)10-21-19(23)7-8-22-11-14(2)25-18-6-4-16(20)9-15(18)12-22/h3-6,9,14H,7-8,10-12H2,1-2H3,(H,21,23). The molecule has 0 saturated heterocycles. The first-order valence-electron chi connectivity index (χ1n) is 8.49. The van der Waals surface area contributed by atoms with Gasteiger partial charge in [0, 0.05) is 36.6 Å². The van der Waals surface area contributed by atoms with Gasteiger partial charge in [-0.05, 0) is 44.2 Å². The van der Waals surface area contributed by atoms with Crippen LogP contribution in [0.15, 0.2) is 34.7 Å². The minimum absolute atomic E-state index is 0.0122. The second kappa shape index (κ2) is 7.93. The summed E-state index contributed by atoms with van der Waals surface area (Å²) >= 11 is 6.10. The maximum atomic E-state index is 12.1. The molecule has 1 N–H and O–H groups in total. The number of carbonyl (C=O) groups excluding carboxylic acids is 1. The Hall–Kier alpha value is -1.98. The first-order chi connectivity index (χ1) is 12.0. The van der Waals surface area contributed by atoms with Gasteiger partial charge < -0.3 is 14.5 Å². The average molecular weight is 363 g/mol. The molecular weight excluding hydrogens is 340 g/mol. The molecule has 1 atom stereocenters. The molecule has 1 aliphatic rings. The predicted molar refractivity (Wildman–Crippen MR) is 96.7 cm³/mol. The van der Waals surface area contributed by atoms with E-state index in [1.165, 1.54) is 0 Å². The molecule has 0 spiro atoms. The van der Waals surface area contributed by atoms with Crippen molar-refractivity contribution in [3.63, 3.8) is 0 Å². The number of benzene rings is 1. The van der Waals surface area contributed by atoms with Crippen molar-refractivity contribution in [2.75, 3.05) is 13.1 Å². The van der Waals surface area contributed by atoms with Crippen LogP contribution in [0.5, 0.6) is 5.75 Å². The highest BCUT2D eigenvalue weighted by atomic mass is 35.5. The van der Waals surface area contributed by atoms with Gasteiger partial charge in [0.2, 0.25) is 5.91 Å². The third-order valence-corrected chi connectivity index (χ3v) is 4.41. The quantitative estimate of drug-likeness (QED) is 0.884. The summed E-state index contributed by atoms with van der Waals surface area (Å²) in [6.07, 6.45) is 0.499. The molecule has 0 radical (unpaired) electrons. The topological polar surface area (TPSA) is 54.7 Å². The van der Waals surface area contributed by atoms with Crippen LogP contribution in [0, 0.1) is 6.92 Å². The SMILES string of the molecule is Cc1ccc(CNC(=O)CCN2Cc3cc(Cl)ccc3OC(C)C2)o1. The van der Waals surface area contributed by atoms with E-state index in [0.29, 0.717) is 24.5 Å². The number of carbonyl (C=O) groups is 1. The van der Waals surface area contributed by atoms with Gasteiger partial charge in [0.15, 0.2) is 0 Å². The zero-order valence-corrected chi connectivity index (χ0v) is 15.3. The third-order valence-electron chi connectivity index (χ3n) is 4.17. The fourth-order valence-electron chi connectivity index (χ4n) is 2.99. The summed E-state index contributed by atoms with van der Waals surface area (Å²) in [6.45, 7) is 6.52. The molecule has 0 bridgehead atoms. The Kier molecular flexibility index (Phi) is 5.66. The number of fused-ring (bicyclic) bond motifs is 1. The fraction of sp³-hybridized carbons (Fsp3) is 0.421. The fourth-order valence-corrected chi connectivity index (χ4v) is 3.19. The zero-order valence-electron chi connectivity index (χ0n) is 14.5. The van der Waals surface area contributed by atoms with Crippen molar-refractivity contribution in [1.29, 1.82) is 0 Å². The van der Waals surface area contributed by atoms with E-state index in [-0.39, 0.29) is 12.0 Å². The predicted octanol–water partition coefficient (Wildman–Crippen LogP) is 3.53. The molecule has 134 valence electrons. The molecule has 0 saturated carbocycles. The van der Waals surface area contributed by atoms with Gasteiger partial charge in [-0.25, -0.2) is 0 Å². The minimum atomic E-state index is 0.0122. The van der Waals surface area contributed by atoms with Crippen LogP contribution in [0.4, 0.5) is 0 Å². The smallest absolute Gasteiger partial charge is 0.221 e. The number of nitrogens with zero attached hydrogens (tertiary/aromatic N) is 1. The molecule has 2 aromatic rings. The Labute approximate surface area is 152 Å². The number of nitrogens with one attached hydrogen (secondary N) is 1. The molecule has 1 amide bonds. The van der Waals surface area contributed by atoms with Crippen LogP contribution >= 0.6 is 11.6 Å². The summed E-state index contributed by atoms with van der Waals surface area (Å²) in [7, 11) is 0. The number of rotatable bonds is 5. The second-order valence-electron chi connectivity index (χ2n) is 6.45. The van der Waals surface area contributed by atoms with Crippen molar-refractivity contribution in [2.45, 2.75) is 39.5 Å². The summed E-state index contributed by atoms with van der Waals surface area (Å²) in [4.78, 5) is 14.3. The van der Waals surface area contributed by atoms with Crippen LogP contribution in [0.1, 0.15) is 30.4 Å². The lowest BCUT2D eigenvalue weighted by Crippen LogP contribution is -2.34. The number of furan rings is 1. The first kappa shape index (κ1) is 17.8. The number of aryl methyl sites for hydroxylation is 1. The van der Waals surface area contributed by atoms with Crippen molar-refractivity contribution in [3.8, 4) is 5.75 Å². The highest BCUT2D eigenvalue weighted by Crippen LogP contribution is 2.28. The Morgan fingerprint density at radius 3 is 2.96 bits per heavy atom. The molecule has 6 heteroatoms. The lowest BCUT2D eigenvalue weighted by Gasteiger charge is -2.21. The van der Waals surface area contributed by atoms with Gasteiger partial charge in [0.1, 0.15) is 23.4 Å². The van der Waals surface area contributed by atoms with E-state index in [0.717, 1.165) is 35.9 Å². The van der Waals surface area contributed by atoms with E-state index in [1.807, 2.05) is 44.2 Å². The summed E-state index contributed by atoms with van der Waals surface area (Å²) in [5.41, 5.74) is 1.06. The maximum Gasteiger partial charge on any atom is 0.221 e. The summed E-state index contributed by atoms with van der Waals surface area (Å²) in [5.74, 6) is 2.50. The molecule has 1 aromatic carbocycles. The molecule has 0 fully saturated rings. The second-order valence-corrected chi connectivity index (χ2v) is 6.89.